The monoisotopic (exact) mass is 442 g/mol. The molecule has 4 heterocycles. The number of hydrogen-bond donors (Lipinski definition) is 1. The van der Waals surface area contributed by atoms with Crippen molar-refractivity contribution in [2.24, 2.45) is 7.05 Å². The molecule has 1 amide bonds. The van der Waals surface area contributed by atoms with Crippen molar-refractivity contribution in [2.75, 3.05) is 5.32 Å². The molecule has 0 aliphatic heterocycles. The predicted molar refractivity (Wildman–Crippen MR) is 108 cm³/mol. The first-order valence-corrected chi connectivity index (χ1v) is 9.36. The van der Waals surface area contributed by atoms with Crippen molar-refractivity contribution in [3.8, 4) is 16.9 Å². The highest BCUT2D eigenvalue weighted by Gasteiger charge is 2.31. The number of pyridine rings is 2. The molecule has 164 valence electrons. The first kappa shape index (κ1) is 21.2. The van der Waals surface area contributed by atoms with E-state index in [-0.39, 0.29) is 11.4 Å². The lowest BCUT2D eigenvalue weighted by atomic mass is 10.2. The first-order valence-electron chi connectivity index (χ1n) is 9.36. The standard InChI is InChI=1S/C20H17F3N8O/c1-11-18(31-10-17(28-29-31)15-9-26-30(3)12(15)2)7-14(8-25-11)27-19(32)16-6-13(4-5-24-16)20(21,22)23/h4-10H,1-3H3,(H,27,32). The second kappa shape index (κ2) is 7.87. The number of rotatable bonds is 4. The van der Waals surface area contributed by atoms with Gasteiger partial charge in [-0.3, -0.25) is 19.4 Å². The summed E-state index contributed by atoms with van der Waals surface area (Å²) in [6.07, 6.45) is 1.15. The Kier molecular flexibility index (Phi) is 5.20. The number of carbonyl (C=O) groups excluding carboxylic acids is 1. The van der Waals surface area contributed by atoms with Crippen molar-refractivity contribution >= 4 is 11.6 Å². The number of hydrogen-bond acceptors (Lipinski definition) is 6. The van der Waals surface area contributed by atoms with Gasteiger partial charge in [0, 0.05) is 24.5 Å². The lowest BCUT2D eigenvalue weighted by Crippen LogP contribution is -2.16. The van der Waals surface area contributed by atoms with E-state index in [2.05, 4.69) is 30.7 Å². The van der Waals surface area contributed by atoms with E-state index < -0.39 is 17.6 Å². The highest BCUT2D eigenvalue weighted by atomic mass is 19.4. The van der Waals surface area contributed by atoms with Gasteiger partial charge in [0.25, 0.3) is 5.91 Å². The fraction of sp³-hybridized carbons (Fsp3) is 0.200. The fourth-order valence-corrected chi connectivity index (χ4v) is 3.00. The van der Waals surface area contributed by atoms with Gasteiger partial charge < -0.3 is 5.32 Å². The average molecular weight is 442 g/mol. The van der Waals surface area contributed by atoms with Gasteiger partial charge in [0.2, 0.25) is 0 Å². The summed E-state index contributed by atoms with van der Waals surface area (Å²) >= 11 is 0. The molecule has 0 fully saturated rings. The molecule has 4 aromatic heterocycles. The van der Waals surface area contributed by atoms with Crippen LogP contribution in [0.25, 0.3) is 16.9 Å². The molecule has 0 aliphatic carbocycles. The van der Waals surface area contributed by atoms with Crippen LogP contribution in [0.5, 0.6) is 0 Å². The minimum atomic E-state index is -4.58. The number of carbonyl (C=O) groups is 1. The van der Waals surface area contributed by atoms with Gasteiger partial charge in [-0.25, -0.2) is 4.68 Å². The number of halogens is 3. The molecule has 0 aliphatic rings. The molecule has 4 rings (SSSR count). The SMILES string of the molecule is Cc1ncc(NC(=O)c2cc(C(F)(F)F)ccn2)cc1-n1cc(-c2cnn(C)c2C)nn1. The zero-order valence-electron chi connectivity index (χ0n) is 17.2. The Morgan fingerprint density at radius 1 is 1.12 bits per heavy atom. The summed E-state index contributed by atoms with van der Waals surface area (Å²) in [5.41, 5.74) is 2.45. The predicted octanol–water partition coefficient (Wildman–Crippen LogP) is 3.35. The van der Waals surface area contributed by atoms with Crippen LogP contribution in [0.1, 0.15) is 27.4 Å². The number of aromatic nitrogens is 7. The van der Waals surface area contributed by atoms with Gasteiger partial charge in [-0.1, -0.05) is 5.21 Å². The third kappa shape index (κ3) is 4.06. The smallest absolute Gasteiger partial charge is 0.319 e. The Bertz CT molecular complexity index is 1310. The van der Waals surface area contributed by atoms with Crippen LogP contribution in [0.15, 0.2) is 43.0 Å². The van der Waals surface area contributed by atoms with Gasteiger partial charge in [0.15, 0.2) is 0 Å². The van der Waals surface area contributed by atoms with Crippen LogP contribution in [-0.4, -0.2) is 40.6 Å². The quantitative estimate of drug-likeness (QED) is 0.520. The van der Waals surface area contributed by atoms with Gasteiger partial charge in [0.05, 0.1) is 41.2 Å². The van der Waals surface area contributed by atoms with Crippen molar-refractivity contribution in [3.05, 3.63) is 65.6 Å². The van der Waals surface area contributed by atoms with Crippen LogP contribution in [-0.2, 0) is 13.2 Å². The second-order valence-electron chi connectivity index (χ2n) is 7.03. The van der Waals surface area contributed by atoms with E-state index in [0.29, 0.717) is 23.1 Å². The van der Waals surface area contributed by atoms with Crippen LogP contribution >= 0.6 is 0 Å². The Labute approximate surface area is 179 Å². The minimum absolute atomic E-state index is 0.268. The number of anilines is 1. The van der Waals surface area contributed by atoms with Gasteiger partial charge >= 0.3 is 6.18 Å². The van der Waals surface area contributed by atoms with Crippen molar-refractivity contribution in [3.63, 3.8) is 0 Å². The summed E-state index contributed by atoms with van der Waals surface area (Å²) in [7, 11) is 1.82. The number of aryl methyl sites for hydroxylation is 2. The zero-order valence-corrected chi connectivity index (χ0v) is 17.2. The molecule has 12 heteroatoms. The summed E-state index contributed by atoms with van der Waals surface area (Å²) in [5.74, 6) is -0.794. The van der Waals surface area contributed by atoms with Crippen molar-refractivity contribution in [1.29, 1.82) is 0 Å². The largest absolute Gasteiger partial charge is 0.416 e. The molecule has 1 N–H and O–H groups in total. The molecule has 4 aromatic rings. The molecular formula is C20H17F3N8O. The second-order valence-corrected chi connectivity index (χ2v) is 7.03. The van der Waals surface area contributed by atoms with E-state index in [4.69, 9.17) is 0 Å². The van der Waals surface area contributed by atoms with Gasteiger partial charge in [-0.2, -0.15) is 18.3 Å². The number of nitrogens with zero attached hydrogens (tertiary/aromatic N) is 7. The fourth-order valence-electron chi connectivity index (χ4n) is 3.00. The van der Waals surface area contributed by atoms with Gasteiger partial charge in [0.1, 0.15) is 11.4 Å². The maximum Gasteiger partial charge on any atom is 0.416 e. The molecule has 0 bridgehead atoms. The molecule has 0 saturated heterocycles. The molecule has 0 unspecified atom stereocenters. The summed E-state index contributed by atoms with van der Waals surface area (Å²) < 4.78 is 41.9. The first-order chi connectivity index (χ1) is 15.1. The van der Waals surface area contributed by atoms with E-state index in [1.807, 2.05) is 14.0 Å². The topological polar surface area (TPSA) is 103 Å². The van der Waals surface area contributed by atoms with Crippen LogP contribution in [0, 0.1) is 13.8 Å². The summed E-state index contributed by atoms with van der Waals surface area (Å²) in [6, 6.07) is 3.09. The molecule has 0 aromatic carbocycles. The van der Waals surface area contributed by atoms with Crippen LogP contribution in [0.2, 0.25) is 0 Å². The number of amides is 1. The van der Waals surface area contributed by atoms with Crippen molar-refractivity contribution in [1.82, 2.24) is 34.7 Å². The third-order valence-corrected chi connectivity index (χ3v) is 4.89. The van der Waals surface area contributed by atoms with E-state index in [0.717, 1.165) is 23.5 Å². The third-order valence-electron chi connectivity index (χ3n) is 4.89. The lowest BCUT2D eigenvalue weighted by molar-refractivity contribution is -0.137. The highest BCUT2D eigenvalue weighted by molar-refractivity contribution is 6.03. The number of alkyl halides is 3. The van der Waals surface area contributed by atoms with Crippen LogP contribution in [0.4, 0.5) is 18.9 Å². The zero-order chi connectivity index (χ0) is 23.0. The number of nitrogens with one attached hydrogen (secondary N) is 1. The molecule has 0 atom stereocenters. The van der Waals surface area contributed by atoms with E-state index in [1.165, 1.54) is 10.9 Å². The molecule has 0 saturated carbocycles. The maximum absolute atomic E-state index is 12.9. The Balaban J connectivity index is 1.60. The molecule has 0 radical (unpaired) electrons. The maximum atomic E-state index is 12.9. The summed E-state index contributed by atoms with van der Waals surface area (Å²) in [4.78, 5) is 20.4. The average Bonchev–Trinajstić information content (AvgIpc) is 3.36. The van der Waals surface area contributed by atoms with Gasteiger partial charge in [-0.15, -0.1) is 5.10 Å². The van der Waals surface area contributed by atoms with Crippen molar-refractivity contribution < 1.29 is 18.0 Å². The lowest BCUT2D eigenvalue weighted by Gasteiger charge is -2.10. The molecular weight excluding hydrogens is 425 g/mol. The minimum Gasteiger partial charge on any atom is -0.319 e. The molecule has 0 spiro atoms. The molecule has 9 nitrogen and oxygen atoms in total. The Morgan fingerprint density at radius 3 is 2.59 bits per heavy atom. The van der Waals surface area contributed by atoms with Crippen LogP contribution < -0.4 is 5.32 Å². The van der Waals surface area contributed by atoms with Gasteiger partial charge in [-0.05, 0) is 32.0 Å². The van der Waals surface area contributed by atoms with Crippen LogP contribution in [0.3, 0.4) is 0 Å². The summed E-state index contributed by atoms with van der Waals surface area (Å²) in [5, 5.41) is 15.0. The van der Waals surface area contributed by atoms with E-state index in [1.54, 1.807) is 30.1 Å². The Morgan fingerprint density at radius 2 is 1.91 bits per heavy atom. The highest BCUT2D eigenvalue weighted by Crippen LogP contribution is 2.29. The molecule has 32 heavy (non-hydrogen) atoms. The van der Waals surface area contributed by atoms with E-state index in [9.17, 15) is 18.0 Å². The normalized spacial score (nSPS) is 11.6. The Hall–Kier alpha value is -4.09. The van der Waals surface area contributed by atoms with Crippen molar-refractivity contribution in [2.45, 2.75) is 20.0 Å². The summed E-state index contributed by atoms with van der Waals surface area (Å²) in [6.45, 7) is 3.66. The van der Waals surface area contributed by atoms with E-state index >= 15 is 0 Å².